The number of aromatic nitrogens is 5. The van der Waals surface area contributed by atoms with Gasteiger partial charge in [0.1, 0.15) is 6.10 Å². The summed E-state index contributed by atoms with van der Waals surface area (Å²) in [6.45, 7) is 2.85. The fourth-order valence-electron chi connectivity index (χ4n) is 4.77. The van der Waals surface area contributed by atoms with Crippen molar-refractivity contribution < 1.29 is 21.9 Å². The number of nitrogens with one attached hydrogen (secondary N) is 2. The van der Waals surface area contributed by atoms with Crippen molar-refractivity contribution in [2.45, 2.75) is 57.1 Å². The lowest BCUT2D eigenvalue weighted by atomic mass is 9.94. The van der Waals surface area contributed by atoms with E-state index in [9.17, 15) is 17.2 Å². The van der Waals surface area contributed by atoms with Crippen LogP contribution in [0.25, 0.3) is 16.8 Å². The van der Waals surface area contributed by atoms with Crippen molar-refractivity contribution in [1.29, 1.82) is 0 Å². The van der Waals surface area contributed by atoms with Gasteiger partial charge in [0.25, 0.3) is 0 Å². The molecule has 0 amide bonds. The second-order valence-electron chi connectivity index (χ2n) is 9.59. The van der Waals surface area contributed by atoms with Crippen LogP contribution in [0.1, 0.15) is 39.0 Å². The molecule has 35 heavy (non-hydrogen) atoms. The lowest BCUT2D eigenvalue weighted by Gasteiger charge is -2.35. The van der Waals surface area contributed by atoms with Crippen LogP contribution >= 0.6 is 0 Å². The number of anilines is 1. The molecule has 1 saturated carbocycles. The number of pyridine rings is 1. The highest BCUT2D eigenvalue weighted by atomic mass is 32.2. The highest BCUT2D eigenvalue weighted by molar-refractivity contribution is 7.88. The first-order valence-electron chi connectivity index (χ1n) is 11.7. The first kappa shape index (κ1) is 23.9. The van der Waals surface area contributed by atoms with Crippen LogP contribution in [0.5, 0.6) is 5.88 Å². The second-order valence-corrected chi connectivity index (χ2v) is 11.6. The van der Waals surface area contributed by atoms with Gasteiger partial charge in [0.05, 0.1) is 12.5 Å². The number of nitrogens with zero attached hydrogens (tertiary/aromatic N) is 5. The molecule has 0 aromatic carbocycles. The summed E-state index contributed by atoms with van der Waals surface area (Å²) in [7, 11) is -3.23. The summed E-state index contributed by atoms with van der Waals surface area (Å²) in [5.41, 5.74) is 2.20. The minimum Gasteiger partial charge on any atom is -0.474 e. The van der Waals surface area contributed by atoms with E-state index in [1.807, 2.05) is 19.1 Å². The van der Waals surface area contributed by atoms with Gasteiger partial charge in [-0.05, 0) is 36.8 Å². The predicted octanol–water partition coefficient (Wildman–Crippen LogP) is 3.16. The van der Waals surface area contributed by atoms with E-state index in [0.717, 1.165) is 11.1 Å². The van der Waals surface area contributed by atoms with Gasteiger partial charge in [-0.15, -0.1) is 5.10 Å². The van der Waals surface area contributed by atoms with Gasteiger partial charge in [-0.1, -0.05) is 6.92 Å². The molecule has 13 heteroatoms. The molecule has 10 nitrogen and oxygen atoms in total. The molecule has 2 N–H and O–H groups in total. The fraction of sp³-hybridized carbons (Fsp3) is 0.591. The maximum Gasteiger partial charge on any atom is 0.248 e. The Balaban J connectivity index is 1.40. The third kappa shape index (κ3) is 5.25. The fourth-order valence-corrected chi connectivity index (χ4v) is 5.71. The third-order valence-corrected chi connectivity index (χ3v) is 8.11. The van der Waals surface area contributed by atoms with E-state index in [2.05, 4.69) is 25.6 Å². The highest BCUT2D eigenvalue weighted by Gasteiger charge is 2.36. The number of piperidine rings is 1. The van der Waals surface area contributed by atoms with Crippen LogP contribution in [0.4, 0.5) is 14.7 Å². The topological polar surface area (TPSA) is 118 Å². The lowest BCUT2D eigenvalue weighted by Crippen LogP contribution is -2.47. The van der Waals surface area contributed by atoms with E-state index >= 15 is 0 Å². The van der Waals surface area contributed by atoms with Crippen molar-refractivity contribution in [3.8, 4) is 17.0 Å². The number of rotatable bonds is 6. The van der Waals surface area contributed by atoms with Crippen molar-refractivity contribution >= 4 is 21.6 Å². The van der Waals surface area contributed by atoms with Crippen LogP contribution in [0.3, 0.4) is 0 Å². The monoisotopic (exact) mass is 509 g/mol. The van der Waals surface area contributed by atoms with Crippen molar-refractivity contribution in [3.63, 3.8) is 0 Å². The minimum absolute atomic E-state index is 0.00343. The molecule has 0 bridgehead atoms. The number of aromatic amines is 1. The normalized spacial score (nSPS) is 24.0. The summed E-state index contributed by atoms with van der Waals surface area (Å²) in [5, 5.41) is 14.7. The molecule has 0 unspecified atom stereocenters. The number of H-pyrrole nitrogens is 1. The standard InChI is InChI=1S/C22H29F2N7O3S/c1-14-13-30(35(2,32)33)8-5-18(14)27-21-28-19-9-15(16-11-25-26-12-16)10-20(31(19)29-21)34-17-3-6-22(23,24)7-4-17/h9-12,14,17-18H,3-8,13H2,1-2H3,(H,25,26)(H,27,29)/t14-,18+/m1/s1. The molecule has 2 fully saturated rings. The SMILES string of the molecule is C[C@@H]1CN(S(C)(=O)=O)CC[C@@H]1Nc1nc2cc(-c3cn[nH]c3)cc(OC3CCC(F)(F)CC3)n2n1. The Kier molecular flexibility index (Phi) is 6.16. The summed E-state index contributed by atoms with van der Waals surface area (Å²) >= 11 is 0. The average Bonchev–Trinajstić information content (AvgIpc) is 3.46. The van der Waals surface area contributed by atoms with Crippen molar-refractivity contribution in [2.75, 3.05) is 24.7 Å². The van der Waals surface area contributed by atoms with Crippen LogP contribution in [0.15, 0.2) is 24.5 Å². The molecule has 4 heterocycles. The molecule has 5 rings (SSSR count). The number of halogens is 2. The van der Waals surface area contributed by atoms with Crippen molar-refractivity contribution in [2.24, 2.45) is 5.92 Å². The van der Waals surface area contributed by atoms with E-state index < -0.39 is 15.9 Å². The zero-order valence-corrected chi connectivity index (χ0v) is 20.4. The summed E-state index contributed by atoms with van der Waals surface area (Å²) in [6, 6.07) is 3.68. The zero-order valence-electron chi connectivity index (χ0n) is 19.6. The molecule has 3 aromatic heterocycles. The number of alkyl halides is 2. The van der Waals surface area contributed by atoms with Gasteiger partial charge < -0.3 is 10.1 Å². The molecule has 2 aliphatic rings. The smallest absolute Gasteiger partial charge is 0.248 e. The Morgan fingerprint density at radius 3 is 2.63 bits per heavy atom. The molecule has 1 saturated heterocycles. The Bertz CT molecular complexity index is 1290. The molecular formula is C22H29F2N7O3S. The quantitative estimate of drug-likeness (QED) is 0.524. The Hall–Kier alpha value is -2.80. The first-order chi connectivity index (χ1) is 16.6. The van der Waals surface area contributed by atoms with E-state index in [1.165, 1.54) is 10.6 Å². The van der Waals surface area contributed by atoms with Gasteiger partial charge in [0.2, 0.25) is 27.8 Å². The van der Waals surface area contributed by atoms with Crippen LogP contribution in [0.2, 0.25) is 0 Å². The zero-order chi connectivity index (χ0) is 24.8. The van der Waals surface area contributed by atoms with Gasteiger partial charge in [-0.3, -0.25) is 5.10 Å². The number of sulfonamides is 1. The van der Waals surface area contributed by atoms with E-state index in [-0.39, 0.29) is 43.7 Å². The minimum atomic E-state index is -3.23. The summed E-state index contributed by atoms with van der Waals surface area (Å²) in [5.74, 6) is -1.75. The number of fused-ring (bicyclic) bond motifs is 1. The predicted molar refractivity (Wildman–Crippen MR) is 126 cm³/mol. The summed E-state index contributed by atoms with van der Waals surface area (Å²) in [6.07, 6.45) is 5.09. The van der Waals surface area contributed by atoms with E-state index in [4.69, 9.17) is 4.74 Å². The first-order valence-corrected chi connectivity index (χ1v) is 13.6. The Morgan fingerprint density at radius 2 is 1.97 bits per heavy atom. The maximum atomic E-state index is 13.6. The number of hydrogen-bond donors (Lipinski definition) is 2. The highest BCUT2D eigenvalue weighted by Crippen LogP contribution is 2.36. The molecular weight excluding hydrogens is 480 g/mol. The Morgan fingerprint density at radius 1 is 1.20 bits per heavy atom. The maximum absolute atomic E-state index is 13.6. The summed E-state index contributed by atoms with van der Waals surface area (Å²) in [4.78, 5) is 4.63. The van der Waals surface area contributed by atoms with Crippen LogP contribution in [-0.4, -0.2) is 74.9 Å². The largest absolute Gasteiger partial charge is 0.474 e. The molecule has 190 valence electrons. The third-order valence-electron chi connectivity index (χ3n) is 6.84. The van der Waals surface area contributed by atoms with E-state index in [1.54, 1.807) is 16.9 Å². The van der Waals surface area contributed by atoms with Crippen LogP contribution in [0, 0.1) is 5.92 Å². The van der Waals surface area contributed by atoms with Crippen LogP contribution < -0.4 is 10.1 Å². The molecule has 1 aliphatic carbocycles. The van der Waals surface area contributed by atoms with Crippen LogP contribution in [-0.2, 0) is 10.0 Å². The van der Waals surface area contributed by atoms with Crippen molar-refractivity contribution in [1.82, 2.24) is 29.1 Å². The molecule has 1 aliphatic heterocycles. The molecule has 0 spiro atoms. The number of hydrogen-bond acceptors (Lipinski definition) is 7. The van der Waals surface area contributed by atoms with Gasteiger partial charge in [-0.2, -0.15) is 14.6 Å². The molecule has 0 radical (unpaired) electrons. The second kappa shape index (κ2) is 9.01. The lowest BCUT2D eigenvalue weighted by molar-refractivity contribution is -0.0590. The summed E-state index contributed by atoms with van der Waals surface area (Å²) < 4.78 is 60.3. The van der Waals surface area contributed by atoms with Gasteiger partial charge in [-0.25, -0.2) is 21.5 Å². The molecule has 2 atom stereocenters. The van der Waals surface area contributed by atoms with Gasteiger partial charge >= 0.3 is 0 Å². The van der Waals surface area contributed by atoms with Crippen molar-refractivity contribution in [3.05, 3.63) is 24.5 Å². The van der Waals surface area contributed by atoms with E-state index in [0.29, 0.717) is 37.0 Å². The van der Waals surface area contributed by atoms with Gasteiger partial charge in [0, 0.05) is 49.8 Å². The Labute approximate surface area is 202 Å². The number of ether oxygens (including phenoxy) is 1. The molecule has 3 aromatic rings. The average molecular weight is 510 g/mol. The van der Waals surface area contributed by atoms with Gasteiger partial charge in [0.15, 0.2) is 5.65 Å².